The maximum absolute atomic E-state index is 12.7. The summed E-state index contributed by atoms with van der Waals surface area (Å²) < 4.78 is 8.79. The monoisotopic (exact) mass is 620 g/mol. The molecular formula is C25H23Br3N2O2. The summed E-state index contributed by atoms with van der Waals surface area (Å²) in [5.41, 5.74) is 2.49. The van der Waals surface area contributed by atoms with E-state index in [0.29, 0.717) is 18.8 Å². The van der Waals surface area contributed by atoms with E-state index >= 15 is 0 Å². The van der Waals surface area contributed by atoms with Crippen LogP contribution in [0, 0.1) is 0 Å². The first-order valence-corrected chi connectivity index (χ1v) is 12.8. The number of benzene rings is 3. The van der Waals surface area contributed by atoms with Gasteiger partial charge in [0, 0.05) is 39.6 Å². The lowest BCUT2D eigenvalue weighted by Crippen LogP contribution is -2.51. The molecule has 0 aromatic heterocycles. The summed E-state index contributed by atoms with van der Waals surface area (Å²) in [5.74, 6) is 0.724. The lowest BCUT2D eigenvalue weighted by Gasteiger charge is -2.39. The third kappa shape index (κ3) is 6.01. The van der Waals surface area contributed by atoms with Gasteiger partial charge in [-0.1, -0.05) is 72.1 Å². The maximum atomic E-state index is 12.7. The number of halogens is 3. The Balaban J connectivity index is 1.41. The number of carbonyl (C=O) groups is 1. The fraction of sp³-hybridized carbons (Fsp3) is 0.240. The van der Waals surface area contributed by atoms with Gasteiger partial charge in [0.15, 0.2) is 6.61 Å². The molecular weight excluding hydrogens is 600 g/mol. The van der Waals surface area contributed by atoms with Crippen LogP contribution in [-0.2, 0) is 4.79 Å². The molecule has 1 fully saturated rings. The van der Waals surface area contributed by atoms with E-state index in [1.54, 1.807) is 0 Å². The first-order chi connectivity index (χ1) is 15.5. The molecule has 1 saturated heterocycles. The van der Waals surface area contributed by atoms with E-state index in [9.17, 15) is 4.79 Å². The highest BCUT2D eigenvalue weighted by Crippen LogP contribution is 2.31. The SMILES string of the molecule is O=C(COc1ccc(Br)cc1)N1CCN(C(c2ccc(Br)cc2)c2ccc(Br)cc2)CC1. The zero-order chi connectivity index (χ0) is 22.5. The van der Waals surface area contributed by atoms with Crippen LogP contribution in [0.4, 0.5) is 0 Å². The second-order valence-corrected chi connectivity index (χ2v) is 10.4. The van der Waals surface area contributed by atoms with Crippen molar-refractivity contribution < 1.29 is 9.53 Å². The average Bonchev–Trinajstić information content (AvgIpc) is 2.81. The zero-order valence-corrected chi connectivity index (χ0v) is 22.1. The normalized spacial score (nSPS) is 14.6. The third-order valence-corrected chi connectivity index (χ3v) is 7.17. The molecule has 0 saturated carbocycles. The van der Waals surface area contributed by atoms with Crippen LogP contribution in [0.5, 0.6) is 5.75 Å². The van der Waals surface area contributed by atoms with Crippen LogP contribution in [0.3, 0.4) is 0 Å². The Morgan fingerprint density at radius 2 is 1.16 bits per heavy atom. The van der Waals surface area contributed by atoms with Crippen LogP contribution < -0.4 is 4.74 Å². The molecule has 1 aliphatic heterocycles. The van der Waals surface area contributed by atoms with Crippen molar-refractivity contribution in [3.63, 3.8) is 0 Å². The molecule has 3 aromatic carbocycles. The summed E-state index contributed by atoms with van der Waals surface area (Å²) in [7, 11) is 0. The molecule has 0 radical (unpaired) electrons. The molecule has 0 unspecified atom stereocenters. The Bertz CT molecular complexity index is 987. The van der Waals surface area contributed by atoms with Crippen molar-refractivity contribution in [1.82, 2.24) is 9.80 Å². The molecule has 32 heavy (non-hydrogen) atoms. The summed E-state index contributed by atoms with van der Waals surface area (Å²) in [5, 5.41) is 0. The van der Waals surface area contributed by atoms with Crippen LogP contribution in [0.25, 0.3) is 0 Å². The van der Waals surface area contributed by atoms with Gasteiger partial charge in [-0.05, 0) is 59.7 Å². The summed E-state index contributed by atoms with van der Waals surface area (Å²) in [6.07, 6.45) is 0. The standard InChI is InChI=1S/C25H23Br3N2O2/c26-20-5-1-18(2-6-20)25(19-3-7-21(27)8-4-19)30-15-13-29(14-16-30)24(31)17-32-23-11-9-22(28)10-12-23/h1-12,25H,13-17H2. The average molecular weight is 623 g/mol. The fourth-order valence-electron chi connectivity index (χ4n) is 3.90. The van der Waals surface area contributed by atoms with Crippen LogP contribution in [0.1, 0.15) is 17.2 Å². The van der Waals surface area contributed by atoms with Gasteiger partial charge >= 0.3 is 0 Å². The van der Waals surface area contributed by atoms with Gasteiger partial charge in [0.2, 0.25) is 0 Å². The summed E-state index contributed by atoms with van der Waals surface area (Å²) in [6.45, 7) is 3.05. The van der Waals surface area contributed by atoms with E-state index in [1.165, 1.54) is 11.1 Å². The number of piperazine rings is 1. The number of hydrogen-bond donors (Lipinski definition) is 0. The van der Waals surface area contributed by atoms with Crippen molar-refractivity contribution >= 4 is 53.7 Å². The topological polar surface area (TPSA) is 32.8 Å². The van der Waals surface area contributed by atoms with Crippen molar-refractivity contribution in [2.45, 2.75) is 6.04 Å². The highest BCUT2D eigenvalue weighted by atomic mass is 79.9. The highest BCUT2D eigenvalue weighted by Gasteiger charge is 2.28. The van der Waals surface area contributed by atoms with Gasteiger partial charge in [-0.3, -0.25) is 9.69 Å². The second-order valence-electron chi connectivity index (χ2n) is 7.66. The minimum atomic E-state index is 0.0244. The molecule has 1 heterocycles. The maximum Gasteiger partial charge on any atom is 0.260 e. The zero-order valence-electron chi connectivity index (χ0n) is 17.4. The highest BCUT2D eigenvalue weighted by molar-refractivity contribution is 9.11. The fourth-order valence-corrected chi connectivity index (χ4v) is 4.69. The minimum absolute atomic E-state index is 0.0244. The predicted molar refractivity (Wildman–Crippen MR) is 138 cm³/mol. The number of rotatable bonds is 6. The number of amides is 1. The summed E-state index contributed by atoms with van der Waals surface area (Å²) in [6, 6.07) is 24.7. The van der Waals surface area contributed by atoms with Crippen molar-refractivity contribution in [3.05, 3.63) is 97.3 Å². The van der Waals surface area contributed by atoms with Gasteiger partial charge in [-0.15, -0.1) is 0 Å². The number of hydrogen-bond acceptors (Lipinski definition) is 3. The molecule has 166 valence electrons. The Kier molecular flexibility index (Phi) is 8.05. The van der Waals surface area contributed by atoms with Crippen molar-refractivity contribution in [2.24, 2.45) is 0 Å². The Morgan fingerprint density at radius 1 is 0.719 bits per heavy atom. The Hall–Kier alpha value is -1.67. The number of ether oxygens (including phenoxy) is 1. The second kappa shape index (κ2) is 11.0. The molecule has 0 bridgehead atoms. The molecule has 1 aliphatic rings. The van der Waals surface area contributed by atoms with Crippen LogP contribution in [0.15, 0.2) is 86.2 Å². The molecule has 7 heteroatoms. The largest absolute Gasteiger partial charge is 0.484 e. The van der Waals surface area contributed by atoms with Gasteiger partial charge in [0.1, 0.15) is 5.75 Å². The van der Waals surface area contributed by atoms with Crippen molar-refractivity contribution in [2.75, 3.05) is 32.8 Å². The van der Waals surface area contributed by atoms with Gasteiger partial charge in [-0.2, -0.15) is 0 Å². The molecule has 1 amide bonds. The van der Waals surface area contributed by atoms with Gasteiger partial charge in [0.25, 0.3) is 5.91 Å². The van der Waals surface area contributed by atoms with Crippen molar-refractivity contribution in [3.8, 4) is 5.75 Å². The third-order valence-electron chi connectivity index (χ3n) is 5.58. The molecule has 0 aliphatic carbocycles. The van der Waals surface area contributed by atoms with E-state index in [0.717, 1.165) is 26.5 Å². The lowest BCUT2D eigenvalue weighted by molar-refractivity contribution is -0.135. The smallest absolute Gasteiger partial charge is 0.260 e. The van der Waals surface area contributed by atoms with Gasteiger partial charge in [-0.25, -0.2) is 0 Å². The van der Waals surface area contributed by atoms with E-state index in [2.05, 4.69) is 101 Å². The predicted octanol–water partition coefficient (Wildman–Crippen LogP) is 6.29. The first kappa shape index (κ1) is 23.5. The molecule has 0 spiro atoms. The van der Waals surface area contributed by atoms with Gasteiger partial charge in [0.05, 0.1) is 6.04 Å². The van der Waals surface area contributed by atoms with Crippen LogP contribution in [-0.4, -0.2) is 48.5 Å². The minimum Gasteiger partial charge on any atom is -0.484 e. The summed E-state index contributed by atoms with van der Waals surface area (Å²) in [4.78, 5) is 17.0. The van der Waals surface area contributed by atoms with Crippen LogP contribution >= 0.6 is 47.8 Å². The van der Waals surface area contributed by atoms with Gasteiger partial charge < -0.3 is 9.64 Å². The molecule has 4 rings (SSSR count). The summed E-state index contributed by atoms with van der Waals surface area (Å²) >= 11 is 10.5. The van der Waals surface area contributed by atoms with Crippen LogP contribution in [0.2, 0.25) is 0 Å². The lowest BCUT2D eigenvalue weighted by atomic mass is 9.96. The van der Waals surface area contributed by atoms with E-state index in [4.69, 9.17) is 4.74 Å². The van der Waals surface area contributed by atoms with E-state index < -0.39 is 0 Å². The number of nitrogens with zero attached hydrogens (tertiary/aromatic N) is 2. The molecule has 4 nitrogen and oxygen atoms in total. The van der Waals surface area contributed by atoms with Crippen molar-refractivity contribution in [1.29, 1.82) is 0 Å². The number of carbonyl (C=O) groups excluding carboxylic acids is 1. The Labute approximate surface area is 213 Å². The van der Waals surface area contributed by atoms with E-state index in [-0.39, 0.29) is 18.6 Å². The molecule has 3 aromatic rings. The quantitative estimate of drug-likeness (QED) is 0.324. The first-order valence-electron chi connectivity index (χ1n) is 10.4. The van der Waals surface area contributed by atoms with E-state index in [1.807, 2.05) is 29.2 Å². The molecule has 0 N–H and O–H groups in total. The molecule has 0 atom stereocenters. The Morgan fingerprint density at radius 3 is 1.62 bits per heavy atom.